The molecular formula is C23H20F3N3O3. The van der Waals surface area contributed by atoms with Crippen LogP contribution in [0.4, 0.5) is 19.0 Å². The molecule has 0 unspecified atom stereocenters. The number of carbonyl (C=O) groups is 1. The summed E-state index contributed by atoms with van der Waals surface area (Å²) in [6, 6.07) is 9.36. The summed E-state index contributed by atoms with van der Waals surface area (Å²) in [6.07, 6.45) is -3.54. The van der Waals surface area contributed by atoms with Crippen LogP contribution in [0.2, 0.25) is 0 Å². The molecule has 0 saturated carbocycles. The van der Waals surface area contributed by atoms with Gasteiger partial charge in [0.2, 0.25) is 0 Å². The Morgan fingerprint density at radius 2 is 1.97 bits per heavy atom. The van der Waals surface area contributed by atoms with Gasteiger partial charge in [0.05, 0.1) is 24.8 Å². The molecule has 9 heteroatoms. The van der Waals surface area contributed by atoms with Gasteiger partial charge in [-0.25, -0.2) is 4.98 Å². The molecule has 1 atom stereocenters. The number of benzene rings is 2. The van der Waals surface area contributed by atoms with Crippen LogP contribution in [0.3, 0.4) is 0 Å². The van der Waals surface area contributed by atoms with Crippen LogP contribution < -0.4 is 10.5 Å². The zero-order chi connectivity index (χ0) is 22.6. The minimum atomic E-state index is -4.74. The highest BCUT2D eigenvalue weighted by atomic mass is 19.4. The summed E-state index contributed by atoms with van der Waals surface area (Å²) in [4.78, 5) is 19.3. The SMILES string of the molecule is CN(C(=O)c1ccc2nc(N)c3c(c2c1)COC3)[C@H]1CCc2cc(OC(F)(F)F)ccc21. The van der Waals surface area contributed by atoms with E-state index in [9.17, 15) is 18.0 Å². The molecule has 6 nitrogen and oxygen atoms in total. The number of aryl methyl sites for hydroxylation is 1. The van der Waals surface area contributed by atoms with Crippen LogP contribution in [0.25, 0.3) is 10.9 Å². The molecule has 0 bridgehead atoms. The van der Waals surface area contributed by atoms with Gasteiger partial charge in [0.25, 0.3) is 5.91 Å². The molecule has 5 rings (SSSR count). The zero-order valence-electron chi connectivity index (χ0n) is 17.2. The summed E-state index contributed by atoms with van der Waals surface area (Å²) in [5.74, 6) is 0.0192. The number of nitrogens with zero attached hydrogens (tertiary/aromatic N) is 2. The van der Waals surface area contributed by atoms with E-state index in [0.29, 0.717) is 43.0 Å². The molecule has 0 spiro atoms. The Balaban J connectivity index is 1.43. The molecule has 0 saturated heterocycles. The van der Waals surface area contributed by atoms with Crippen molar-refractivity contribution < 1.29 is 27.4 Å². The Labute approximate surface area is 181 Å². The molecule has 2 N–H and O–H groups in total. The molecule has 2 aliphatic rings. The Hall–Kier alpha value is -3.33. The van der Waals surface area contributed by atoms with Gasteiger partial charge in [-0.05, 0) is 59.9 Å². The second kappa shape index (κ2) is 7.37. The predicted molar refractivity (Wildman–Crippen MR) is 111 cm³/mol. The van der Waals surface area contributed by atoms with Crippen LogP contribution in [0, 0.1) is 0 Å². The van der Waals surface area contributed by atoms with Crippen molar-refractivity contribution >= 4 is 22.6 Å². The molecule has 32 heavy (non-hydrogen) atoms. The first-order chi connectivity index (χ1) is 15.2. The van der Waals surface area contributed by atoms with E-state index in [0.717, 1.165) is 27.6 Å². The van der Waals surface area contributed by atoms with E-state index < -0.39 is 6.36 Å². The van der Waals surface area contributed by atoms with Crippen molar-refractivity contribution in [3.05, 3.63) is 64.2 Å². The van der Waals surface area contributed by atoms with Crippen LogP contribution in [-0.4, -0.2) is 29.2 Å². The van der Waals surface area contributed by atoms with Gasteiger partial charge in [-0.1, -0.05) is 6.07 Å². The third-order valence-corrected chi connectivity index (χ3v) is 6.16. The van der Waals surface area contributed by atoms with E-state index in [1.54, 1.807) is 30.1 Å². The molecule has 1 aromatic heterocycles. The fourth-order valence-corrected chi connectivity index (χ4v) is 4.62. The lowest BCUT2D eigenvalue weighted by atomic mass is 10.0. The number of fused-ring (bicyclic) bond motifs is 4. The number of hydrogen-bond donors (Lipinski definition) is 1. The first kappa shape index (κ1) is 20.6. The van der Waals surface area contributed by atoms with Gasteiger partial charge in [-0.3, -0.25) is 4.79 Å². The normalized spacial score (nSPS) is 17.3. The van der Waals surface area contributed by atoms with Crippen molar-refractivity contribution in [3.63, 3.8) is 0 Å². The van der Waals surface area contributed by atoms with E-state index in [1.165, 1.54) is 12.1 Å². The molecule has 2 heterocycles. The summed E-state index contributed by atoms with van der Waals surface area (Å²) in [7, 11) is 1.71. The highest BCUT2D eigenvalue weighted by Crippen LogP contribution is 2.39. The molecule has 0 radical (unpaired) electrons. The van der Waals surface area contributed by atoms with E-state index >= 15 is 0 Å². The number of hydrogen-bond acceptors (Lipinski definition) is 5. The van der Waals surface area contributed by atoms with E-state index in [-0.39, 0.29) is 17.7 Å². The maximum Gasteiger partial charge on any atom is 0.573 e. The van der Waals surface area contributed by atoms with Gasteiger partial charge in [0.1, 0.15) is 11.6 Å². The van der Waals surface area contributed by atoms with Crippen LogP contribution >= 0.6 is 0 Å². The number of rotatable bonds is 3. The van der Waals surface area contributed by atoms with Crippen molar-refractivity contribution in [1.82, 2.24) is 9.88 Å². The van der Waals surface area contributed by atoms with E-state index in [1.807, 2.05) is 6.07 Å². The number of nitrogens with two attached hydrogens (primary N) is 1. The Bertz CT molecular complexity index is 1240. The summed E-state index contributed by atoms with van der Waals surface area (Å²) in [5.41, 5.74) is 10.6. The van der Waals surface area contributed by atoms with Crippen LogP contribution in [-0.2, 0) is 24.4 Å². The van der Waals surface area contributed by atoms with Gasteiger partial charge in [-0.15, -0.1) is 13.2 Å². The Kier molecular flexibility index (Phi) is 4.74. The highest BCUT2D eigenvalue weighted by molar-refractivity contribution is 5.99. The molecule has 3 aromatic rings. The lowest BCUT2D eigenvalue weighted by molar-refractivity contribution is -0.274. The second-order valence-electron chi connectivity index (χ2n) is 8.06. The highest BCUT2D eigenvalue weighted by Gasteiger charge is 2.33. The number of carbonyl (C=O) groups excluding carboxylic acids is 1. The number of nitrogen functional groups attached to an aromatic ring is 1. The minimum Gasteiger partial charge on any atom is -0.406 e. The number of amides is 1. The van der Waals surface area contributed by atoms with Crippen LogP contribution in [0.15, 0.2) is 36.4 Å². The lowest BCUT2D eigenvalue weighted by Gasteiger charge is -2.26. The monoisotopic (exact) mass is 443 g/mol. The molecule has 1 aliphatic carbocycles. The average molecular weight is 443 g/mol. The lowest BCUT2D eigenvalue weighted by Crippen LogP contribution is -2.30. The third-order valence-electron chi connectivity index (χ3n) is 6.16. The van der Waals surface area contributed by atoms with Crippen molar-refractivity contribution in [2.45, 2.75) is 38.5 Å². The fraction of sp³-hybridized carbons (Fsp3) is 0.304. The molecular weight excluding hydrogens is 423 g/mol. The number of anilines is 1. The Morgan fingerprint density at radius 3 is 2.75 bits per heavy atom. The summed E-state index contributed by atoms with van der Waals surface area (Å²) in [5, 5.41) is 0.840. The summed E-state index contributed by atoms with van der Waals surface area (Å²) >= 11 is 0. The van der Waals surface area contributed by atoms with Gasteiger partial charge in [0.15, 0.2) is 0 Å². The van der Waals surface area contributed by atoms with Crippen molar-refractivity contribution in [2.75, 3.05) is 12.8 Å². The number of alkyl halides is 3. The number of aromatic nitrogens is 1. The van der Waals surface area contributed by atoms with Gasteiger partial charge in [-0.2, -0.15) is 0 Å². The molecule has 166 valence electrons. The maximum atomic E-state index is 13.3. The average Bonchev–Trinajstić information content (AvgIpc) is 3.39. The molecule has 1 amide bonds. The zero-order valence-corrected chi connectivity index (χ0v) is 17.2. The van der Waals surface area contributed by atoms with Crippen molar-refractivity contribution in [2.24, 2.45) is 0 Å². The second-order valence-corrected chi connectivity index (χ2v) is 8.06. The van der Waals surface area contributed by atoms with E-state index in [4.69, 9.17) is 10.5 Å². The number of halogens is 3. The van der Waals surface area contributed by atoms with Gasteiger partial charge < -0.3 is 20.1 Å². The quantitative estimate of drug-likeness (QED) is 0.645. The van der Waals surface area contributed by atoms with Gasteiger partial charge in [0, 0.05) is 23.6 Å². The van der Waals surface area contributed by atoms with Crippen molar-refractivity contribution in [3.8, 4) is 5.75 Å². The molecule has 0 fully saturated rings. The fourth-order valence-electron chi connectivity index (χ4n) is 4.62. The maximum absolute atomic E-state index is 13.3. The number of pyridine rings is 1. The van der Waals surface area contributed by atoms with Crippen LogP contribution in [0.5, 0.6) is 5.75 Å². The third kappa shape index (κ3) is 3.52. The topological polar surface area (TPSA) is 77.7 Å². The molecule has 2 aromatic carbocycles. The van der Waals surface area contributed by atoms with Gasteiger partial charge >= 0.3 is 6.36 Å². The number of ether oxygens (including phenoxy) is 2. The van der Waals surface area contributed by atoms with Crippen LogP contribution in [0.1, 0.15) is 45.1 Å². The predicted octanol–water partition coefficient (Wildman–Crippen LogP) is 4.51. The Morgan fingerprint density at radius 1 is 1.19 bits per heavy atom. The first-order valence-electron chi connectivity index (χ1n) is 10.2. The minimum absolute atomic E-state index is 0.176. The van der Waals surface area contributed by atoms with E-state index in [2.05, 4.69) is 9.72 Å². The standard InChI is InChI=1S/C23H20F3N3O3/c1-29(20-7-3-12-8-14(4-5-15(12)20)32-23(24,25)26)22(30)13-2-6-19-16(9-13)17-10-31-11-18(17)21(27)28-19/h2,4-6,8-9,20H,3,7,10-11H2,1H3,(H2,27,28)/t20-/m0/s1. The smallest absolute Gasteiger partial charge is 0.406 e. The first-order valence-corrected chi connectivity index (χ1v) is 10.2. The summed E-state index contributed by atoms with van der Waals surface area (Å²) in [6.45, 7) is 0.825. The molecule has 1 aliphatic heterocycles. The largest absolute Gasteiger partial charge is 0.573 e. The summed E-state index contributed by atoms with van der Waals surface area (Å²) < 4.78 is 47.1. The van der Waals surface area contributed by atoms with Crippen molar-refractivity contribution in [1.29, 1.82) is 0 Å².